The standard InChI is InChI=1S/C19H11Cl2N/c20-18-9-8-14(11-19(18)21)16(12-22)10-15-6-3-5-13-4-1-2-7-17(13)15/h1-11H/b16-10-. The molecule has 3 rings (SSSR count). The van der Waals surface area contributed by atoms with Crippen LogP contribution in [0.4, 0.5) is 0 Å². The summed E-state index contributed by atoms with van der Waals surface area (Å²) < 4.78 is 0. The molecule has 0 aliphatic carbocycles. The Balaban J connectivity index is 2.15. The average molecular weight is 324 g/mol. The van der Waals surface area contributed by atoms with Gasteiger partial charge < -0.3 is 0 Å². The molecule has 0 aromatic heterocycles. The van der Waals surface area contributed by atoms with E-state index < -0.39 is 0 Å². The second-order valence-electron chi connectivity index (χ2n) is 4.87. The molecule has 0 saturated carbocycles. The third-order valence-corrected chi connectivity index (χ3v) is 4.21. The molecule has 0 aliphatic heterocycles. The minimum Gasteiger partial charge on any atom is -0.192 e. The fraction of sp³-hybridized carbons (Fsp3) is 0. The molecule has 0 heterocycles. The lowest BCUT2D eigenvalue weighted by Crippen LogP contribution is -1.84. The fourth-order valence-electron chi connectivity index (χ4n) is 2.38. The molecule has 3 aromatic rings. The molecule has 0 saturated heterocycles. The van der Waals surface area contributed by atoms with Crippen molar-refractivity contribution in [2.75, 3.05) is 0 Å². The number of hydrogen-bond acceptors (Lipinski definition) is 1. The molecule has 0 N–H and O–H groups in total. The van der Waals surface area contributed by atoms with E-state index in [0.29, 0.717) is 15.6 Å². The van der Waals surface area contributed by atoms with Crippen LogP contribution in [0.3, 0.4) is 0 Å². The zero-order valence-corrected chi connectivity index (χ0v) is 13.1. The van der Waals surface area contributed by atoms with Crippen LogP contribution in [0.5, 0.6) is 0 Å². The molecular weight excluding hydrogens is 313 g/mol. The minimum absolute atomic E-state index is 0.443. The highest BCUT2D eigenvalue weighted by atomic mass is 35.5. The summed E-state index contributed by atoms with van der Waals surface area (Å²) in [6.07, 6.45) is 1.88. The summed E-state index contributed by atoms with van der Waals surface area (Å²) in [4.78, 5) is 0. The topological polar surface area (TPSA) is 23.8 Å². The second kappa shape index (κ2) is 6.23. The van der Waals surface area contributed by atoms with E-state index in [-0.39, 0.29) is 0 Å². The second-order valence-corrected chi connectivity index (χ2v) is 5.68. The van der Waals surface area contributed by atoms with E-state index in [9.17, 15) is 5.26 Å². The SMILES string of the molecule is N#C/C(=C/c1cccc2ccccc12)c1ccc(Cl)c(Cl)c1. The number of benzene rings is 3. The average Bonchev–Trinajstić information content (AvgIpc) is 2.55. The third kappa shape index (κ3) is 2.85. The van der Waals surface area contributed by atoms with Crippen LogP contribution in [0.1, 0.15) is 11.1 Å². The molecule has 3 aromatic carbocycles. The zero-order valence-electron chi connectivity index (χ0n) is 11.6. The molecule has 0 bridgehead atoms. The Bertz CT molecular complexity index is 915. The minimum atomic E-state index is 0.443. The number of nitriles is 1. The summed E-state index contributed by atoms with van der Waals surface area (Å²) in [6, 6.07) is 21.6. The number of fused-ring (bicyclic) bond motifs is 1. The largest absolute Gasteiger partial charge is 0.192 e. The fourth-order valence-corrected chi connectivity index (χ4v) is 2.67. The van der Waals surface area contributed by atoms with Crippen LogP contribution >= 0.6 is 23.2 Å². The highest BCUT2D eigenvalue weighted by Gasteiger charge is 2.06. The summed E-state index contributed by atoms with van der Waals surface area (Å²) in [7, 11) is 0. The van der Waals surface area contributed by atoms with Crippen molar-refractivity contribution in [3.8, 4) is 6.07 Å². The summed E-state index contributed by atoms with van der Waals surface area (Å²) in [5, 5.41) is 12.7. The predicted molar refractivity (Wildman–Crippen MR) is 93.9 cm³/mol. The normalized spacial score (nSPS) is 11.4. The van der Waals surface area contributed by atoms with Gasteiger partial charge in [0.05, 0.1) is 21.7 Å². The molecular formula is C19H11Cl2N. The first kappa shape index (κ1) is 14.7. The molecule has 106 valence electrons. The highest BCUT2D eigenvalue weighted by molar-refractivity contribution is 6.42. The molecule has 0 aliphatic rings. The van der Waals surface area contributed by atoms with Crippen LogP contribution in [0.2, 0.25) is 10.0 Å². The molecule has 0 atom stereocenters. The van der Waals surface area contributed by atoms with Crippen molar-refractivity contribution in [1.29, 1.82) is 5.26 Å². The van der Waals surface area contributed by atoms with Crippen molar-refractivity contribution in [2.24, 2.45) is 0 Å². The van der Waals surface area contributed by atoms with Crippen LogP contribution in [0, 0.1) is 11.3 Å². The molecule has 0 radical (unpaired) electrons. The quantitative estimate of drug-likeness (QED) is 0.406. The molecule has 0 fully saturated rings. The molecule has 22 heavy (non-hydrogen) atoms. The van der Waals surface area contributed by atoms with Gasteiger partial charge in [0, 0.05) is 0 Å². The Labute approximate surface area is 139 Å². The van der Waals surface area contributed by atoms with E-state index >= 15 is 0 Å². The highest BCUT2D eigenvalue weighted by Crippen LogP contribution is 2.28. The van der Waals surface area contributed by atoms with Crippen molar-refractivity contribution in [2.45, 2.75) is 0 Å². The molecule has 3 heteroatoms. The van der Waals surface area contributed by atoms with Crippen molar-refractivity contribution in [3.05, 3.63) is 81.8 Å². The van der Waals surface area contributed by atoms with Crippen LogP contribution in [-0.4, -0.2) is 0 Å². The van der Waals surface area contributed by atoms with Gasteiger partial charge in [-0.15, -0.1) is 0 Å². The Kier molecular flexibility index (Phi) is 4.15. The van der Waals surface area contributed by atoms with Crippen molar-refractivity contribution in [1.82, 2.24) is 0 Å². The molecule has 0 amide bonds. The number of halogens is 2. The Hall–Kier alpha value is -2.27. The predicted octanol–water partition coefficient (Wildman–Crippen LogP) is 6.21. The number of hydrogen-bond donors (Lipinski definition) is 0. The maximum Gasteiger partial charge on any atom is 0.0998 e. The lowest BCUT2D eigenvalue weighted by Gasteiger charge is -2.05. The van der Waals surface area contributed by atoms with E-state index in [4.69, 9.17) is 23.2 Å². The Morgan fingerprint density at radius 1 is 0.909 bits per heavy atom. The van der Waals surface area contributed by atoms with Crippen molar-refractivity contribution < 1.29 is 0 Å². The van der Waals surface area contributed by atoms with Crippen LogP contribution < -0.4 is 0 Å². The van der Waals surface area contributed by atoms with E-state index in [2.05, 4.69) is 18.2 Å². The molecule has 1 nitrogen and oxygen atoms in total. The Morgan fingerprint density at radius 2 is 1.68 bits per heavy atom. The maximum atomic E-state index is 9.48. The smallest absolute Gasteiger partial charge is 0.0998 e. The van der Waals surface area contributed by atoms with E-state index in [0.717, 1.165) is 21.9 Å². The molecule has 0 unspecified atom stereocenters. The van der Waals surface area contributed by atoms with Gasteiger partial charge in [-0.05, 0) is 40.1 Å². The van der Waals surface area contributed by atoms with E-state index in [1.165, 1.54) is 0 Å². The van der Waals surface area contributed by atoms with Crippen LogP contribution in [-0.2, 0) is 0 Å². The maximum absolute atomic E-state index is 9.48. The van der Waals surface area contributed by atoms with Gasteiger partial charge in [-0.25, -0.2) is 0 Å². The van der Waals surface area contributed by atoms with Crippen LogP contribution in [0.25, 0.3) is 22.4 Å². The van der Waals surface area contributed by atoms with Gasteiger partial charge >= 0.3 is 0 Å². The van der Waals surface area contributed by atoms with Crippen LogP contribution in [0.15, 0.2) is 60.7 Å². The molecule has 0 spiro atoms. The van der Waals surface area contributed by atoms with Gasteiger partial charge in [-0.3, -0.25) is 0 Å². The summed E-state index contributed by atoms with van der Waals surface area (Å²) in [6.45, 7) is 0. The monoisotopic (exact) mass is 323 g/mol. The van der Waals surface area contributed by atoms with Crippen molar-refractivity contribution >= 4 is 45.6 Å². The summed E-state index contributed by atoms with van der Waals surface area (Å²) >= 11 is 12.0. The number of allylic oxidation sites excluding steroid dienone is 1. The summed E-state index contributed by atoms with van der Waals surface area (Å²) in [5.74, 6) is 0. The first-order valence-electron chi connectivity index (χ1n) is 6.74. The van der Waals surface area contributed by atoms with Gasteiger partial charge in [0.15, 0.2) is 0 Å². The van der Waals surface area contributed by atoms with E-state index in [1.54, 1.807) is 18.2 Å². The lowest BCUT2D eigenvalue weighted by atomic mass is 9.99. The van der Waals surface area contributed by atoms with Gasteiger partial charge in [-0.1, -0.05) is 71.7 Å². The lowest BCUT2D eigenvalue weighted by molar-refractivity contribution is 1.52. The van der Waals surface area contributed by atoms with Gasteiger partial charge in [0.2, 0.25) is 0 Å². The Morgan fingerprint density at radius 3 is 2.45 bits per heavy atom. The van der Waals surface area contributed by atoms with Crippen molar-refractivity contribution in [3.63, 3.8) is 0 Å². The first-order valence-corrected chi connectivity index (χ1v) is 7.49. The number of rotatable bonds is 2. The van der Waals surface area contributed by atoms with Gasteiger partial charge in [0.25, 0.3) is 0 Å². The third-order valence-electron chi connectivity index (χ3n) is 3.47. The first-order chi connectivity index (χ1) is 10.7. The number of nitrogens with zero attached hydrogens (tertiary/aromatic N) is 1. The van der Waals surface area contributed by atoms with Gasteiger partial charge in [0.1, 0.15) is 0 Å². The van der Waals surface area contributed by atoms with E-state index in [1.807, 2.05) is 36.4 Å². The van der Waals surface area contributed by atoms with Gasteiger partial charge in [-0.2, -0.15) is 5.26 Å². The summed E-state index contributed by atoms with van der Waals surface area (Å²) in [5.41, 5.74) is 2.31. The zero-order chi connectivity index (χ0) is 15.5.